The van der Waals surface area contributed by atoms with Gasteiger partial charge in [-0.2, -0.15) is 0 Å². The van der Waals surface area contributed by atoms with Gasteiger partial charge < -0.3 is 15.0 Å². The molecule has 1 heterocycles. The van der Waals surface area contributed by atoms with E-state index in [0.717, 1.165) is 17.2 Å². The van der Waals surface area contributed by atoms with Gasteiger partial charge in [0.2, 0.25) is 5.91 Å². The van der Waals surface area contributed by atoms with Crippen LogP contribution in [-0.2, 0) is 17.8 Å². The van der Waals surface area contributed by atoms with E-state index in [1.807, 2.05) is 24.3 Å². The Hall–Kier alpha value is -3.38. The molecule has 158 valence electrons. The van der Waals surface area contributed by atoms with Crippen molar-refractivity contribution in [3.63, 3.8) is 0 Å². The topological polar surface area (TPSA) is 58.6 Å². The first kappa shape index (κ1) is 20.9. The lowest BCUT2D eigenvalue weighted by atomic mass is 10.0. The molecule has 0 spiro atoms. The number of carbonyl (C=O) groups excluding carboxylic acids is 2. The maximum atomic E-state index is 13.9. The Morgan fingerprint density at radius 3 is 2.52 bits per heavy atom. The highest BCUT2D eigenvalue weighted by Crippen LogP contribution is 2.28. The fourth-order valence-electron chi connectivity index (χ4n) is 3.64. The standard InChI is InChI=1S/C24H20ClFN2O3/c1-31-18-9-6-15(7-10-18)14-28-22(12-16-4-2-3-5-20(16)25)23(29)27-21-11-8-17(26)13-19(21)24(28)30/h2-11,13,22H,12,14H2,1H3,(H,27,29). The summed E-state index contributed by atoms with van der Waals surface area (Å²) in [6.45, 7) is 0.168. The maximum Gasteiger partial charge on any atom is 0.257 e. The SMILES string of the molecule is COc1ccc(CN2C(=O)c3cc(F)ccc3NC(=O)C2Cc2ccccc2Cl)cc1. The monoisotopic (exact) mass is 438 g/mol. The Labute approximate surface area is 184 Å². The first-order valence-electron chi connectivity index (χ1n) is 9.74. The Balaban J connectivity index is 1.75. The average molecular weight is 439 g/mol. The Bertz CT molecular complexity index is 1130. The van der Waals surface area contributed by atoms with E-state index < -0.39 is 17.8 Å². The van der Waals surface area contributed by atoms with Crippen LogP contribution in [0.25, 0.3) is 0 Å². The highest BCUT2D eigenvalue weighted by Gasteiger charge is 2.36. The third kappa shape index (κ3) is 4.39. The predicted molar refractivity (Wildman–Crippen MR) is 117 cm³/mol. The zero-order valence-electron chi connectivity index (χ0n) is 16.8. The van der Waals surface area contributed by atoms with Crippen molar-refractivity contribution in [1.29, 1.82) is 0 Å². The van der Waals surface area contributed by atoms with Crippen LogP contribution in [0.15, 0.2) is 66.7 Å². The van der Waals surface area contributed by atoms with E-state index >= 15 is 0 Å². The van der Waals surface area contributed by atoms with Gasteiger partial charge >= 0.3 is 0 Å². The van der Waals surface area contributed by atoms with E-state index in [4.69, 9.17) is 16.3 Å². The minimum atomic E-state index is -0.829. The van der Waals surface area contributed by atoms with Gasteiger partial charge in [-0.3, -0.25) is 9.59 Å². The molecule has 1 atom stereocenters. The number of ether oxygens (including phenoxy) is 1. The quantitative estimate of drug-likeness (QED) is 0.628. The fraction of sp³-hybridized carbons (Fsp3) is 0.167. The van der Waals surface area contributed by atoms with Crippen LogP contribution in [0.4, 0.5) is 10.1 Å². The third-order valence-electron chi connectivity index (χ3n) is 5.29. The molecule has 1 unspecified atom stereocenters. The summed E-state index contributed by atoms with van der Waals surface area (Å²) in [5, 5.41) is 3.29. The van der Waals surface area contributed by atoms with Crippen molar-refractivity contribution < 1.29 is 18.7 Å². The molecule has 0 fully saturated rings. The van der Waals surface area contributed by atoms with Crippen LogP contribution in [0, 0.1) is 5.82 Å². The number of carbonyl (C=O) groups is 2. The first-order valence-corrected chi connectivity index (χ1v) is 10.1. The van der Waals surface area contributed by atoms with Gasteiger partial charge in [-0.15, -0.1) is 0 Å². The summed E-state index contributed by atoms with van der Waals surface area (Å²) in [5.74, 6) is -0.646. The highest BCUT2D eigenvalue weighted by molar-refractivity contribution is 6.31. The summed E-state index contributed by atoms with van der Waals surface area (Å²) in [5.41, 5.74) is 1.96. The average Bonchev–Trinajstić information content (AvgIpc) is 2.86. The Kier molecular flexibility index (Phi) is 5.91. The molecule has 1 aliphatic heterocycles. The zero-order chi connectivity index (χ0) is 22.0. The third-order valence-corrected chi connectivity index (χ3v) is 5.66. The van der Waals surface area contributed by atoms with Crippen molar-refractivity contribution in [3.05, 3.63) is 94.3 Å². The first-order chi connectivity index (χ1) is 15.0. The Morgan fingerprint density at radius 2 is 1.81 bits per heavy atom. The number of hydrogen-bond acceptors (Lipinski definition) is 3. The molecular formula is C24H20ClFN2O3. The minimum Gasteiger partial charge on any atom is -0.497 e. The van der Waals surface area contributed by atoms with Crippen LogP contribution in [0.2, 0.25) is 5.02 Å². The van der Waals surface area contributed by atoms with Gasteiger partial charge in [-0.25, -0.2) is 4.39 Å². The summed E-state index contributed by atoms with van der Waals surface area (Å²) in [6, 6.07) is 17.4. The van der Waals surface area contributed by atoms with Gasteiger partial charge in [0, 0.05) is 18.0 Å². The van der Waals surface area contributed by atoms with Gasteiger partial charge in [0.1, 0.15) is 17.6 Å². The zero-order valence-corrected chi connectivity index (χ0v) is 17.5. The summed E-state index contributed by atoms with van der Waals surface area (Å²) >= 11 is 6.32. The van der Waals surface area contributed by atoms with Gasteiger partial charge in [0.15, 0.2) is 0 Å². The molecule has 1 aliphatic rings. The minimum absolute atomic E-state index is 0.114. The summed E-state index contributed by atoms with van der Waals surface area (Å²) in [4.78, 5) is 28.1. The van der Waals surface area contributed by atoms with Crippen LogP contribution in [0.5, 0.6) is 5.75 Å². The van der Waals surface area contributed by atoms with Gasteiger partial charge in [-0.05, 0) is 47.5 Å². The number of nitrogens with one attached hydrogen (secondary N) is 1. The summed E-state index contributed by atoms with van der Waals surface area (Å²) < 4.78 is 19.1. The number of benzene rings is 3. The number of hydrogen-bond donors (Lipinski definition) is 1. The number of halogens is 2. The molecule has 0 saturated carbocycles. The van der Waals surface area contributed by atoms with Gasteiger partial charge in [0.25, 0.3) is 5.91 Å². The molecule has 3 aromatic rings. The number of anilines is 1. The number of amides is 2. The fourth-order valence-corrected chi connectivity index (χ4v) is 3.85. The molecule has 0 bridgehead atoms. The molecule has 3 aromatic carbocycles. The number of nitrogens with zero attached hydrogens (tertiary/aromatic N) is 1. The van der Waals surface area contributed by atoms with Crippen molar-refractivity contribution in [3.8, 4) is 5.75 Å². The van der Waals surface area contributed by atoms with Crippen LogP contribution in [0.1, 0.15) is 21.5 Å². The van der Waals surface area contributed by atoms with Crippen molar-refractivity contribution in [2.24, 2.45) is 0 Å². The largest absolute Gasteiger partial charge is 0.497 e. The van der Waals surface area contributed by atoms with E-state index in [9.17, 15) is 14.0 Å². The van der Waals surface area contributed by atoms with E-state index in [-0.39, 0.29) is 30.1 Å². The number of fused-ring (bicyclic) bond motifs is 1. The highest BCUT2D eigenvalue weighted by atomic mass is 35.5. The molecule has 1 N–H and O–H groups in total. The second kappa shape index (κ2) is 8.78. The van der Waals surface area contributed by atoms with Crippen LogP contribution < -0.4 is 10.1 Å². The van der Waals surface area contributed by atoms with E-state index in [1.54, 1.807) is 31.4 Å². The molecule has 31 heavy (non-hydrogen) atoms. The van der Waals surface area contributed by atoms with Crippen LogP contribution >= 0.6 is 11.6 Å². The molecule has 4 rings (SSSR count). The van der Waals surface area contributed by atoms with E-state index in [2.05, 4.69) is 5.32 Å². The second-order valence-electron chi connectivity index (χ2n) is 7.27. The maximum absolute atomic E-state index is 13.9. The smallest absolute Gasteiger partial charge is 0.257 e. The van der Waals surface area contributed by atoms with Crippen molar-refractivity contribution >= 4 is 29.1 Å². The predicted octanol–water partition coefficient (Wildman–Crippen LogP) is 4.69. The molecule has 7 heteroatoms. The molecule has 0 aromatic heterocycles. The van der Waals surface area contributed by atoms with Crippen LogP contribution in [-0.4, -0.2) is 29.9 Å². The molecule has 0 aliphatic carbocycles. The Morgan fingerprint density at radius 1 is 1.06 bits per heavy atom. The normalized spacial score (nSPS) is 15.8. The molecule has 0 saturated heterocycles. The summed E-state index contributed by atoms with van der Waals surface area (Å²) in [7, 11) is 1.57. The summed E-state index contributed by atoms with van der Waals surface area (Å²) in [6.07, 6.45) is 0.226. The number of methoxy groups -OCH3 is 1. The number of rotatable bonds is 5. The second-order valence-corrected chi connectivity index (χ2v) is 7.68. The molecule has 5 nitrogen and oxygen atoms in total. The molecule has 0 radical (unpaired) electrons. The van der Waals surface area contributed by atoms with Crippen molar-refractivity contribution in [2.45, 2.75) is 19.0 Å². The molecular weight excluding hydrogens is 419 g/mol. The van der Waals surface area contributed by atoms with E-state index in [1.165, 1.54) is 17.0 Å². The van der Waals surface area contributed by atoms with Crippen molar-refractivity contribution in [1.82, 2.24) is 4.90 Å². The van der Waals surface area contributed by atoms with Crippen LogP contribution in [0.3, 0.4) is 0 Å². The van der Waals surface area contributed by atoms with Crippen molar-refractivity contribution in [2.75, 3.05) is 12.4 Å². The van der Waals surface area contributed by atoms with Gasteiger partial charge in [0.05, 0.1) is 18.4 Å². The molecule has 2 amide bonds. The van der Waals surface area contributed by atoms with E-state index in [0.29, 0.717) is 10.8 Å². The van der Waals surface area contributed by atoms with Gasteiger partial charge in [-0.1, -0.05) is 41.9 Å². The lowest BCUT2D eigenvalue weighted by molar-refractivity contribution is -0.120. The lowest BCUT2D eigenvalue weighted by Gasteiger charge is -2.29. The lowest BCUT2D eigenvalue weighted by Crippen LogP contribution is -2.46.